The summed E-state index contributed by atoms with van der Waals surface area (Å²) in [4.78, 5) is 0. The first kappa shape index (κ1) is 14.7. The van der Waals surface area contributed by atoms with Crippen LogP contribution in [-0.4, -0.2) is 19.3 Å². The topological polar surface area (TPSA) is 51.8 Å². The Morgan fingerprint density at radius 3 is 2.32 bits per heavy atom. The highest BCUT2D eigenvalue weighted by Gasteiger charge is 2.21. The maximum atomic E-state index is 10.2. The maximum Gasteiger partial charge on any atom is 0.180 e. The number of methoxy groups -OCH3 is 2. The maximum absolute atomic E-state index is 10.2. The van der Waals surface area contributed by atoms with E-state index < -0.39 is 6.10 Å². The van der Waals surface area contributed by atoms with Crippen LogP contribution in [0.5, 0.6) is 11.5 Å². The van der Waals surface area contributed by atoms with Gasteiger partial charge in [-0.2, -0.15) is 0 Å². The zero-order valence-electron chi connectivity index (χ0n) is 12.8. The third-order valence-electron chi connectivity index (χ3n) is 3.83. The molecule has 2 aromatic carbocycles. The molecule has 0 aliphatic rings. The van der Waals surface area contributed by atoms with Crippen molar-refractivity contribution in [2.75, 3.05) is 14.2 Å². The molecule has 3 aromatic rings. The molecule has 22 heavy (non-hydrogen) atoms. The van der Waals surface area contributed by atoms with E-state index in [1.807, 2.05) is 30.3 Å². The van der Waals surface area contributed by atoms with Gasteiger partial charge in [0, 0.05) is 10.8 Å². The number of fused-ring (bicyclic) bond motifs is 2. The summed E-state index contributed by atoms with van der Waals surface area (Å²) < 4.78 is 17.0. The molecule has 0 bridgehead atoms. The average Bonchev–Trinajstić information content (AvgIpc) is 2.97. The second-order valence-corrected chi connectivity index (χ2v) is 5.16. The van der Waals surface area contributed by atoms with Gasteiger partial charge in [-0.15, -0.1) is 0 Å². The molecular formula is C18H19O4. The van der Waals surface area contributed by atoms with Crippen LogP contribution >= 0.6 is 0 Å². The molecule has 4 nitrogen and oxygen atoms in total. The monoisotopic (exact) mass is 299 g/mol. The Kier molecular flexibility index (Phi) is 3.94. The van der Waals surface area contributed by atoms with Gasteiger partial charge in [0.15, 0.2) is 11.3 Å². The van der Waals surface area contributed by atoms with Crippen LogP contribution in [0.4, 0.5) is 0 Å². The lowest BCUT2D eigenvalue weighted by molar-refractivity contribution is 0.143. The van der Waals surface area contributed by atoms with Gasteiger partial charge < -0.3 is 19.0 Å². The van der Waals surface area contributed by atoms with Crippen molar-refractivity contribution < 1.29 is 19.0 Å². The fraction of sp³-hybridized carbons (Fsp3) is 0.278. The Morgan fingerprint density at radius 2 is 1.73 bits per heavy atom. The van der Waals surface area contributed by atoms with Gasteiger partial charge in [-0.05, 0) is 12.5 Å². The summed E-state index contributed by atoms with van der Waals surface area (Å²) in [5, 5.41) is 12.8. The zero-order chi connectivity index (χ0) is 15.7. The van der Waals surface area contributed by atoms with E-state index >= 15 is 0 Å². The molecule has 0 saturated carbocycles. The standard InChI is InChI=1S/C18H19O4/c1-4-7-14(19)15-10-13-16(20-2)11-8-5-6-9-12(11)17(21-3)18(13)22-15/h5-6,8-10,14,19H,1,4,7H2,2-3H3. The summed E-state index contributed by atoms with van der Waals surface area (Å²) in [5.74, 6) is 1.88. The van der Waals surface area contributed by atoms with Gasteiger partial charge in [-0.1, -0.05) is 37.6 Å². The lowest BCUT2D eigenvalue weighted by Gasteiger charge is -2.11. The molecule has 0 spiro atoms. The molecule has 1 aromatic heterocycles. The van der Waals surface area contributed by atoms with E-state index in [-0.39, 0.29) is 0 Å². The second kappa shape index (κ2) is 5.89. The second-order valence-electron chi connectivity index (χ2n) is 5.16. The first-order valence-electron chi connectivity index (χ1n) is 7.24. The SMILES string of the molecule is [CH2]CCC(O)c1cc2c(OC)c3ccccc3c(OC)c2o1. The highest BCUT2D eigenvalue weighted by atomic mass is 16.5. The molecule has 0 saturated heterocycles. The first-order chi connectivity index (χ1) is 10.7. The van der Waals surface area contributed by atoms with Crippen LogP contribution in [0.15, 0.2) is 34.7 Å². The first-order valence-corrected chi connectivity index (χ1v) is 7.24. The predicted octanol–water partition coefficient (Wildman–Crippen LogP) is 4.25. The van der Waals surface area contributed by atoms with Crippen molar-refractivity contribution in [1.82, 2.24) is 0 Å². The largest absolute Gasteiger partial charge is 0.495 e. The summed E-state index contributed by atoms with van der Waals surface area (Å²) in [5.41, 5.74) is 0.594. The van der Waals surface area contributed by atoms with Crippen LogP contribution in [0.2, 0.25) is 0 Å². The van der Waals surface area contributed by atoms with Crippen LogP contribution in [0.3, 0.4) is 0 Å². The lowest BCUT2D eigenvalue weighted by atomic mass is 10.0. The van der Waals surface area contributed by atoms with Crippen LogP contribution < -0.4 is 9.47 Å². The molecule has 0 aliphatic heterocycles. The highest BCUT2D eigenvalue weighted by molar-refractivity contribution is 6.09. The fourth-order valence-electron chi connectivity index (χ4n) is 2.82. The zero-order valence-corrected chi connectivity index (χ0v) is 12.8. The quantitative estimate of drug-likeness (QED) is 0.765. The van der Waals surface area contributed by atoms with Gasteiger partial charge in [-0.25, -0.2) is 0 Å². The average molecular weight is 299 g/mol. The summed E-state index contributed by atoms with van der Waals surface area (Å²) in [7, 11) is 3.25. The number of ether oxygens (including phenoxy) is 2. The van der Waals surface area contributed by atoms with Gasteiger partial charge in [-0.3, -0.25) is 0 Å². The van der Waals surface area contributed by atoms with Crippen molar-refractivity contribution >= 4 is 21.7 Å². The van der Waals surface area contributed by atoms with Crippen molar-refractivity contribution in [2.45, 2.75) is 18.9 Å². The summed E-state index contributed by atoms with van der Waals surface area (Å²) >= 11 is 0. The number of aliphatic hydroxyl groups excluding tert-OH is 1. The number of hydrogen-bond donors (Lipinski definition) is 1. The molecule has 1 heterocycles. The Bertz CT molecular complexity index is 743. The Hall–Kier alpha value is -2.20. The number of rotatable bonds is 5. The Labute approximate surface area is 129 Å². The molecule has 0 fully saturated rings. The third-order valence-corrected chi connectivity index (χ3v) is 3.83. The van der Waals surface area contributed by atoms with Crippen LogP contribution in [-0.2, 0) is 0 Å². The molecule has 1 radical (unpaired) electrons. The van der Waals surface area contributed by atoms with Gasteiger partial charge in [0.2, 0.25) is 0 Å². The molecule has 4 heteroatoms. The van der Waals surface area contributed by atoms with E-state index in [4.69, 9.17) is 13.9 Å². The van der Waals surface area contributed by atoms with Gasteiger partial charge in [0.05, 0.1) is 19.6 Å². The van der Waals surface area contributed by atoms with E-state index in [1.54, 1.807) is 14.2 Å². The molecule has 115 valence electrons. The fourth-order valence-corrected chi connectivity index (χ4v) is 2.82. The third kappa shape index (κ3) is 2.20. The Balaban J connectivity index is 2.35. The molecule has 0 amide bonds. The van der Waals surface area contributed by atoms with Crippen molar-refractivity contribution in [3.05, 3.63) is 43.0 Å². The number of aliphatic hydroxyl groups is 1. The van der Waals surface area contributed by atoms with Crippen molar-refractivity contribution in [1.29, 1.82) is 0 Å². The van der Waals surface area contributed by atoms with Gasteiger partial charge in [0.25, 0.3) is 0 Å². The number of furan rings is 1. The Morgan fingerprint density at radius 1 is 1.09 bits per heavy atom. The van der Waals surface area contributed by atoms with Crippen LogP contribution in [0, 0.1) is 6.92 Å². The van der Waals surface area contributed by atoms with Crippen LogP contribution in [0.25, 0.3) is 21.7 Å². The summed E-state index contributed by atoms with van der Waals surface area (Å²) in [6.07, 6.45) is 0.501. The van der Waals surface area contributed by atoms with E-state index in [0.29, 0.717) is 29.9 Å². The minimum Gasteiger partial charge on any atom is -0.495 e. The highest BCUT2D eigenvalue weighted by Crippen LogP contribution is 2.44. The lowest BCUT2D eigenvalue weighted by Crippen LogP contribution is -1.93. The molecule has 1 unspecified atom stereocenters. The van der Waals surface area contributed by atoms with E-state index in [9.17, 15) is 5.11 Å². The van der Waals surface area contributed by atoms with Crippen molar-refractivity contribution in [2.24, 2.45) is 0 Å². The summed E-state index contributed by atoms with van der Waals surface area (Å²) in [6, 6.07) is 9.66. The number of hydrogen-bond acceptors (Lipinski definition) is 4. The van der Waals surface area contributed by atoms with E-state index in [1.165, 1.54) is 0 Å². The molecule has 3 rings (SSSR count). The van der Waals surface area contributed by atoms with E-state index in [0.717, 1.165) is 21.9 Å². The van der Waals surface area contributed by atoms with Gasteiger partial charge >= 0.3 is 0 Å². The normalized spacial score (nSPS) is 12.7. The van der Waals surface area contributed by atoms with Crippen molar-refractivity contribution in [3.8, 4) is 11.5 Å². The smallest absolute Gasteiger partial charge is 0.180 e. The minimum atomic E-state index is -0.678. The van der Waals surface area contributed by atoms with Crippen molar-refractivity contribution in [3.63, 3.8) is 0 Å². The predicted molar refractivity (Wildman–Crippen MR) is 86.4 cm³/mol. The minimum absolute atomic E-state index is 0.505. The molecule has 1 N–H and O–H groups in total. The molecule has 1 atom stereocenters. The van der Waals surface area contributed by atoms with E-state index in [2.05, 4.69) is 6.92 Å². The summed E-state index contributed by atoms with van der Waals surface area (Å²) in [6.45, 7) is 3.77. The molecule has 0 aliphatic carbocycles. The molecular weight excluding hydrogens is 280 g/mol. The van der Waals surface area contributed by atoms with Gasteiger partial charge in [0.1, 0.15) is 17.6 Å². The number of benzene rings is 2. The van der Waals surface area contributed by atoms with Crippen LogP contribution in [0.1, 0.15) is 24.7 Å².